The first-order chi connectivity index (χ1) is 12.8. The van der Waals surface area contributed by atoms with Crippen LogP contribution in [0, 0.1) is 13.8 Å². The summed E-state index contributed by atoms with van der Waals surface area (Å²) in [5.74, 6) is -0.214. The Hall–Kier alpha value is -2.18. The van der Waals surface area contributed by atoms with Gasteiger partial charge in [-0.1, -0.05) is 23.8 Å². The van der Waals surface area contributed by atoms with E-state index in [-0.39, 0.29) is 16.8 Å². The van der Waals surface area contributed by atoms with Gasteiger partial charge in [-0.25, -0.2) is 8.42 Å². The molecule has 6 heteroatoms. The Morgan fingerprint density at radius 1 is 1.04 bits per heavy atom. The first-order valence-corrected chi connectivity index (χ1v) is 10.7. The SMILES string of the molecule is Cc1ccc(C)c([C@@H](C)NC(=O)c2ccc(S(=O)(=O)N3CCCC3)cc2)c1. The molecule has 1 saturated heterocycles. The molecule has 2 aromatic carbocycles. The fourth-order valence-electron chi connectivity index (χ4n) is 3.44. The highest BCUT2D eigenvalue weighted by atomic mass is 32.2. The molecule has 3 rings (SSSR count). The van der Waals surface area contributed by atoms with Crippen molar-refractivity contribution in [2.45, 2.75) is 44.6 Å². The van der Waals surface area contributed by atoms with E-state index in [1.165, 1.54) is 16.4 Å². The van der Waals surface area contributed by atoms with E-state index >= 15 is 0 Å². The lowest BCUT2D eigenvalue weighted by Gasteiger charge is -2.18. The number of amides is 1. The molecule has 0 spiro atoms. The molecule has 144 valence electrons. The maximum atomic E-state index is 12.6. The van der Waals surface area contributed by atoms with Crippen LogP contribution >= 0.6 is 0 Å². The van der Waals surface area contributed by atoms with Gasteiger partial charge in [-0.3, -0.25) is 4.79 Å². The third-order valence-corrected chi connectivity index (χ3v) is 6.98. The van der Waals surface area contributed by atoms with Crippen molar-refractivity contribution in [3.05, 3.63) is 64.7 Å². The molecule has 1 fully saturated rings. The number of carbonyl (C=O) groups excluding carboxylic acids is 1. The third-order valence-electron chi connectivity index (χ3n) is 5.07. The van der Waals surface area contributed by atoms with E-state index in [9.17, 15) is 13.2 Å². The van der Waals surface area contributed by atoms with Gasteiger partial charge in [-0.15, -0.1) is 0 Å². The zero-order valence-corrected chi connectivity index (χ0v) is 16.8. The maximum Gasteiger partial charge on any atom is 0.251 e. The Labute approximate surface area is 161 Å². The first-order valence-electron chi connectivity index (χ1n) is 9.27. The molecule has 0 aromatic heterocycles. The van der Waals surface area contributed by atoms with Crippen molar-refractivity contribution >= 4 is 15.9 Å². The molecule has 0 unspecified atom stereocenters. The molecule has 1 atom stereocenters. The van der Waals surface area contributed by atoms with E-state index in [2.05, 4.69) is 11.4 Å². The molecule has 0 saturated carbocycles. The van der Waals surface area contributed by atoms with Crippen molar-refractivity contribution in [3.63, 3.8) is 0 Å². The molecule has 0 bridgehead atoms. The minimum Gasteiger partial charge on any atom is -0.346 e. The normalized spacial score (nSPS) is 16.3. The number of hydrogen-bond acceptors (Lipinski definition) is 3. The summed E-state index contributed by atoms with van der Waals surface area (Å²) in [7, 11) is -3.46. The standard InChI is InChI=1S/C21H26N2O3S/c1-15-6-7-16(2)20(14-15)17(3)22-21(24)18-8-10-19(11-9-18)27(25,26)23-12-4-5-13-23/h6-11,14,17H,4-5,12-13H2,1-3H3,(H,22,24)/t17-/m1/s1. The van der Waals surface area contributed by atoms with Crippen LogP contribution in [0.5, 0.6) is 0 Å². The number of nitrogens with one attached hydrogen (secondary N) is 1. The molecule has 1 aliphatic rings. The molecule has 1 aliphatic heterocycles. The molecule has 1 heterocycles. The Kier molecular flexibility index (Phi) is 5.67. The van der Waals surface area contributed by atoms with Gasteiger partial charge >= 0.3 is 0 Å². The lowest BCUT2D eigenvalue weighted by molar-refractivity contribution is 0.0939. The predicted octanol–water partition coefficient (Wildman–Crippen LogP) is 3.58. The summed E-state index contributed by atoms with van der Waals surface area (Å²) in [5.41, 5.74) is 3.80. The topological polar surface area (TPSA) is 66.5 Å². The van der Waals surface area contributed by atoms with Crippen LogP contribution in [0.15, 0.2) is 47.4 Å². The van der Waals surface area contributed by atoms with Gasteiger partial charge < -0.3 is 5.32 Å². The van der Waals surface area contributed by atoms with E-state index in [1.807, 2.05) is 32.9 Å². The van der Waals surface area contributed by atoms with E-state index in [1.54, 1.807) is 12.1 Å². The lowest BCUT2D eigenvalue weighted by Crippen LogP contribution is -2.28. The molecule has 0 radical (unpaired) electrons. The third kappa shape index (κ3) is 4.22. The molecule has 1 N–H and O–H groups in total. The number of rotatable bonds is 5. The molecule has 27 heavy (non-hydrogen) atoms. The van der Waals surface area contributed by atoms with Crippen LogP contribution < -0.4 is 5.32 Å². The van der Waals surface area contributed by atoms with Crippen LogP contribution in [-0.2, 0) is 10.0 Å². The number of carbonyl (C=O) groups is 1. The molecule has 0 aliphatic carbocycles. The average Bonchev–Trinajstić information content (AvgIpc) is 3.19. The second kappa shape index (κ2) is 7.82. The van der Waals surface area contributed by atoms with E-state index in [0.29, 0.717) is 18.7 Å². The zero-order chi connectivity index (χ0) is 19.6. The maximum absolute atomic E-state index is 12.6. The zero-order valence-electron chi connectivity index (χ0n) is 16.0. The largest absolute Gasteiger partial charge is 0.346 e. The number of hydrogen-bond donors (Lipinski definition) is 1. The Balaban J connectivity index is 1.73. The number of sulfonamides is 1. The van der Waals surface area contributed by atoms with Crippen molar-refractivity contribution < 1.29 is 13.2 Å². The van der Waals surface area contributed by atoms with Crippen molar-refractivity contribution in [1.82, 2.24) is 9.62 Å². The summed E-state index contributed by atoms with van der Waals surface area (Å²) in [6.45, 7) is 7.13. The monoisotopic (exact) mass is 386 g/mol. The highest BCUT2D eigenvalue weighted by molar-refractivity contribution is 7.89. The fourth-order valence-corrected chi connectivity index (χ4v) is 4.96. The minimum absolute atomic E-state index is 0.134. The smallest absolute Gasteiger partial charge is 0.251 e. The lowest BCUT2D eigenvalue weighted by atomic mass is 10.00. The summed E-state index contributed by atoms with van der Waals surface area (Å²) >= 11 is 0. The summed E-state index contributed by atoms with van der Waals surface area (Å²) in [4.78, 5) is 12.8. The second-order valence-corrected chi connectivity index (χ2v) is 9.13. The van der Waals surface area contributed by atoms with Crippen molar-refractivity contribution in [2.24, 2.45) is 0 Å². The van der Waals surface area contributed by atoms with Gasteiger partial charge in [0.25, 0.3) is 5.91 Å². The minimum atomic E-state index is -3.46. The van der Waals surface area contributed by atoms with Gasteiger partial charge in [0.2, 0.25) is 10.0 Å². The van der Waals surface area contributed by atoms with Crippen molar-refractivity contribution in [2.75, 3.05) is 13.1 Å². The second-order valence-electron chi connectivity index (χ2n) is 7.19. The van der Waals surface area contributed by atoms with Crippen LogP contribution in [0.3, 0.4) is 0 Å². The van der Waals surface area contributed by atoms with Gasteiger partial charge in [-0.05, 0) is 69.0 Å². The summed E-state index contributed by atoms with van der Waals surface area (Å²) < 4.78 is 26.7. The predicted molar refractivity (Wildman–Crippen MR) is 106 cm³/mol. The van der Waals surface area contributed by atoms with Crippen LogP contribution in [-0.4, -0.2) is 31.7 Å². The molecule has 1 amide bonds. The highest BCUT2D eigenvalue weighted by Crippen LogP contribution is 2.22. The molecular weight excluding hydrogens is 360 g/mol. The average molecular weight is 387 g/mol. The van der Waals surface area contributed by atoms with Gasteiger partial charge in [-0.2, -0.15) is 4.31 Å². The van der Waals surface area contributed by atoms with Crippen LogP contribution in [0.4, 0.5) is 0 Å². The quantitative estimate of drug-likeness (QED) is 0.854. The summed E-state index contributed by atoms with van der Waals surface area (Å²) in [6.07, 6.45) is 1.80. The van der Waals surface area contributed by atoms with Crippen molar-refractivity contribution in [1.29, 1.82) is 0 Å². The summed E-state index contributed by atoms with van der Waals surface area (Å²) in [5, 5.41) is 3.00. The Morgan fingerprint density at radius 2 is 1.67 bits per heavy atom. The first kappa shape index (κ1) is 19.6. The van der Waals surface area contributed by atoms with Gasteiger partial charge in [0.15, 0.2) is 0 Å². The van der Waals surface area contributed by atoms with Crippen molar-refractivity contribution in [3.8, 4) is 0 Å². The Bertz CT molecular complexity index is 930. The van der Waals surface area contributed by atoms with Gasteiger partial charge in [0.1, 0.15) is 0 Å². The molecule has 5 nitrogen and oxygen atoms in total. The number of benzene rings is 2. The Morgan fingerprint density at radius 3 is 2.30 bits per heavy atom. The van der Waals surface area contributed by atoms with Crippen LogP contribution in [0.1, 0.15) is 52.9 Å². The van der Waals surface area contributed by atoms with Gasteiger partial charge in [0, 0.05) is 18.7 Å². The van der Waals surface area contributed by atoms with E-state index in [0.717, 1.165) is 29.5 Å². The number of aryl methyl sites for hydroxylation is 2. The van der Waals surface area contributed by atoms with Crippen LogP contribution in [0.2, 0.25) is 0 Å². The van der Waals surface area contributed by atoms with E-state index in [4.69, 9.17) is 0 Å². The summed E-state index contributed by atoms with van der Waals surface area (Å²) in [6, 6.07) is 12.2. The highest BCUT2D eigenvalue weighted by Gasteiger charge is 2.27. The van der Waals surface area contributed by atoms with E-state index < -0.39 is 10.0 Å². The molecule has 2 aromatic rings. The molecular formula is C21H26N2O3S. The van der Waals surface area contributed by atoms with Gasteiger partial charge in [0.05, 0.1) is 10.9 Å². The number of nitrogens with zero attached hydrogens (tertiary/aromatic N) is 1. The van der Waals surface area contributed by atoms with Crippen LogP contribution in [0.25, 0.3) is 0 Å². The fraction of sp³-hybridized carbons (Fsp3) is 0.381.